The first-order chi connectivity index (χ1) is 16.7. The van der Waals surface area contributed by atoms with Gasteiger partial charge in [0, 0.05) is 29.6 Å². The van der Waals surface area contributed by atoms with Crippen molar-refractivity contribution in [3.63, 3.8) is 0 Å². The average molecular weight is 515 g/mol. The van der Waals surface area contributed by atoms with Gasteiger partial charge >= 0.3 is 0 Å². The molecule has 3 rings (SSSR count). The molecule has 35 heavy (non-hydrogen) atoms. The molecule has 1 N–H and O–H groups in total. The second kappa shape index (κ2) is 12.7. The van der Waals surface area contributed by atoms with Gasteiger partial charge in [-0.25, -0.2) is 4.39 Å². The lowest BCUT2D eigenvalue weighted by atomic mass is 10.0. The molecule has 4 nitrogen and oxygen atoms in total. The Bertz CT molecular complexity index is 1120. The molecule has 0 bridgehead atoms. The monoisotopic (exact) mass is 514 g/mol. The van der Waals surface area contributed by atoms with Gasteiger partial charge in [0.25, 0.3) is 0 Å². The van der Waals surface area contributed by atoms with Crippen molar-refractivity contribution in [2.24, 2.45) is 5.92 Å². The lowest BCUT2D eigenvalue weighted by molar-refractivity contribution is -0.140. The van der Waals surface area contributed by atoms with Crippen molar-refractivity contribution in [2.45, 2.75) is 39.3 Å². The van der Waals surface area contributed by atoms with E-state index in [1.54, 1.807) is 30.3 Å². The fourth-order valence-corrected chi connectivity index (χ4v) is 4.25. The van der Waals surface area contributed by atoms with Crippen LogP contribution in [0.3, 0.4) is 0 Å². The minimum atomic E-state index is -0.782. The maximum absolute atomic E-state index is 13.7. The first-order valence-corrected chi connectivity index (χ1v) is 12.3. The molecule has 0 saturated carbocycles. The van der Waals surface area contributed by atoms with Gasteiger partial charge in [-0.2, -0.15) is 0 Å². The summed E-state index contributed by atoms with van der Waals surface area (Å²) in [7, 11) is 0. The SMILES string of the molecule is CC(C)CNC(=O)[C@@H](Cc1ccccc1)N(Cc1ccc(F)cc1)C(=O)Cc1c(Cl)cccc1Cl. The van der Waals surface area contributed by atoms with Gasteiger partial charge in [-0.15, -0.1) is 0 Å². The van der Waals surface area contributed by atoms with Crippen LogP contribution < -0.4 is 5.32 Å². The molecule has 0 aliphatic heterocycles. The molecule has 3 aromatic carbocycles. The third-order valence-corrected chi connectivity index (χ3v) is 6.32. The van der Waals surface area contributed by atoms with Crippen molar-refractivity contribution < 1.29 is 14.0 Å². The Morgan fingerprint density at radius 2 is 1.51 bits per heavy atom. The van der Waals surface area contributed by atoms with E-state index in [4.69, 9.17) is 23.2 Å². The van der Waals surface area contributed by atoms with Crippen LogP contribution in [0.5, 0.6) is 0 Å². The zero-order valence-electron chi connectivity index (χ0n) is 19.8. The van der Waals surface area contributed by atoms with Gasteiger partial charge in [0.2, 0.25) is 11.8 Å². The highest BCUT2D eigenvalue weighted by atomic mass is 35.5. The predicted octanol–water partition coefficient (Wildman–Crippen LogP) is 6.09. The van der Waals surface area contributed by atoms with Crippen LogP contribution in [0.2, 0.25) is 10.0 Å². The van der Waals surface area contributed by atoms with Crippen molar-refractivity contribution in [1.29, 1.82) is 0 Å². The molecule has 2 amide bonds. The molecule has 0 spiro atoms. The molecule has 0 aliphatic carbocycles. The third-order valence-electron chi connectivity index (χ3n) is 5.61. The molecule has 0 saturated heterocycles. The van der Waals surface area contributed by atoms with E-state index >= 15 is 0 Å². The summed E-state index contributed by atoms with van der Waals surface area (Å²) < 4.78 is 13.5. The summed E-state index contributed by atoms with van der Waals surface area (Å²) >= 11 is 12.7. The first kappa shape index (κ1) is 26.7. The van der Waals surface area contributed by atoms with Crippen LogP contribution in [0.25, 0.3) is 0 Å². The van der Waals surface area contributed by atoms with Gasteiger partial charge in [-0.1, -0.05) is 85.6 Å². The summed E-state index contributed by atoms with van der Waals surface area (Å²) in [6, 6.07) is 19.7. The Labute approximate surface area is 216 Å². The molecular weight excluding hydrogens is 486 g/mol. The summed E-state index contributed by atoms with van der Waals surface area (Å²) in [6.07, 6.45) is 0.260. The van der Waals surface area contributed by atoms with Crippen LogP contribution in [0.1, 0.15) is 30.5 Å². The Morgan fingerprint density at radius 3 is 2.11 bits per heavy atom. The van der Waals surface area contributed by atoms with Crippen molar-refractivity contribution in [3.05, 3.63) is 105 Å². The van der Waals surface area contributed by atoms with Crippen molar-refractivity contribution in [2.75, 3.05) is 6.54 Å². The van der Waals surface area contributed by atoms with Gasteiger partial charge in [0.15, 0.2) is 0 Å². The van der Waals surface area contributed by atoms with Crippen molar-refractivity contribution in [3.8, 4) is 0 Å². The maximum Gasteiger partial charge on any atom is 0.243 e. The van der Waals surface area contributed by atoms with Gasteiger partial charge in [-0.3, -0.25) is 9.59 Å². The van der Waals surface area contributed by atoms with Gasteiger partial charge in [0.1, 0.15) is 11.9 Å². The molecule has 1 atom stereocenters. The fraction of sp³-hybridized carbons (Fsp3) is 0.286. The number of benzene rings is 3. The number of nitrogens with zero attached hydrogens (tertiary/aromatic N) is 1. The Balaban J connectivity index is 1.98. The van der Waals surface area contributed by atoms with E-state index in [1.165, 1.54) is 17.0 Å². The standard InChI is InChI=1S/C28H29Cl2FN2O2/c1-19(2)17-32-28(35)26(15-20-7-4-3-5-8-20)33(18-21-11-13-22(31)14-12-21)27(34)16-23-24(29)9-6-10-25(23)30/h3-14,19,26H,15-18H2,1-2H3,(H,32,35)/t26-/m1/s1. The molecule has 0 heterocycles. The molecule has 0 aromatic heterocycles. The maximum atomic E-state index is 13.7. The summed E-state index contributed by atoms with van der Waals surface area (Å²) in [5.74, 6) is -0.669. The molecule has 0 fully saturated rings. The molecule has 7 heteroatoms. The highest BCUT2D eigenvalue weighted by Crippen LogP contribution is 2.26. The number of rotatable bonds is 10. The van der Waals surface area contributed by atoms with Crippen LogP contribution in [-0.4, -0.2) is 29.3 Å². The summed E-state index contributed by atoms with van der Waals surface area (Å²) in [6.45, 7) is 4.63. The first-order valence-electron chi connectivity index (χ1n) is 11.5. The topological polar surface area (TPSA) is 49.4 Å². The van der Waals surface area contributed by atoms with Crippen molar-refractivity contribution in [1.82, 2.24) is 10.2 Å². The van der Waals surface area contributed by atoms with Gasteiger partial charge in [0.05, 0.1) is 6.42 Å². The van der Waals surface area contributed by atoms with E-state index in [-0.39, 0.29) is 36.5 Å². The molecule has 184 valence electrons. The van der Waals surface area contributed by atoms with Gasteiger partial charge < -0.3 is 10.2 Å². The lowest BCUT2D eigenvalue weighted by Crippen LogP contribution is -2.51. The van der Waals surface area contributed by atoms with Crippen LogP contribution in [0.15, 0.2) is 72.8 Å². The molecule has 0 unspecified atom stereocenters. The third kappa shape index (κ3) is 7.81. The van der Waals surface area contributed by atoms with Crippen LogP contribution >= 0.6 is 23.2 Å². The predicted molar refractivity (Wildman–Crippen MR) is 139 cm³/mol. The van der Waals surface area contributed by atoms with E-state index in [0.29, 0.717) is 34.1 Å². The highest BCUT2D eigenvalue weighted by Gasteiger charge is 2.31. The average Bonchev–Trinajstić information content (AvgIpc) is 2.84. The minimum Gasteiger partial charge on any atom is -0.354 e. The highest BCUT2D eigenvalue weighted by molar-refractivity contribution is 6.36. The van der Waals surface area contributed by atoms with E-state index in [0.717, 1.165) is 5.56 Å². The van der Waals surface area contributed by atoms with E-state index < -0.39 is 6.04 Å². The molecule has 3 aromatic rings. The van der Waals surface area contributed by atoms with Gasteiger partial charge in [-0.05, 0) is 46.9 Å². The largest absolute Gasteiger partial charge is 0.354 e. The second-order valence-electron chi connectivity index (χ2n) is 8.87. The Kier molecular flexibility index (Phi) is 9.70. The van der Waals surface area contributed by atoms with Crippen LogP contribution in [0.4, 0.5) is 4.39 Å². The molecular formula is C28H29Cl2FN2O2. The number of carbonyl (C=O) groups is 2. The summed E-state index contributed by atoms with van der Waals surface area (Å²) in [4.78, 5) is 28.7. The number of carbonyl (C=O) groups excluding carboxylic acids is 2. The van der Waals surface area contributed by atoms with E-state index in [9.17, 15) is 14.0 Å². The smallest absolute Gasteiger partial charge is 0.243 e. The number of hydrogen-bond donors (Lipinski definition) is 1. The number of amides is 2. The summed E-state index contributed by atoms with van der Waals surface area (Å²) in [5, 5.41) is 3.75. The Morgan fingerprint density at radius 1 is 0.886 bits per heavy atom. The number of hydrogen-bond acceptors (Lipinski definition) is 2. The van der Waals surface area contributed by atoms with Crippen LogP contribution in [0, 0.1) is 11.7 Å². The molecule has 0 aliphatic rings. The quantitative estimate of drug-likeness (QED) is 0.356. The number of halogens is 3. The lowest BCUT2D eigenvalue weighted by Gasteiger charge is -2.32. The van der Waals surface area contributed by atoms with Crippen LogP contribution in [-0.2, 0) is 29.0 Å². The zero-order valence-corrected chi connectivity index (χ0v) is 21.3. The Hall–Kier alpha value is -2.89. The van der Waals surface area contributed by atoms with E-state index in [2.05, 4.69) is 5.32 Å². The van der Waals surface area contributed by atoms with E-state index in [1.807, 2.05) is 44.2 Å². The second-order valence-corrected chi connectivity index (χ2v) is 9.68. The minimum absolute atomic E-state index is 0.0670. The normalized spacial score (nSPS) is 11.8. The zero-order chi connectivity index (χ0) is 25.4. The fourth-order valence-electron chi connectivity index (χ4n) is 3.72. The van der Waals surface area contributed by atoms with Crippen molar-refractivity contribution >= 4 is 35.0 Å². The number of nitrogens with one attached hydrogen (secondary N) is 1. The summed E-state index contributed by atoms with van der Waals surface area (Å²) in [5.41, 5.74) is 2.13. The molecule has 0 radical (unpaired) electrons.